The van der Waals surface area contributed by atoms with Crippen molar-refractivity contribution in [1.29, 1.82) is 0 Å². The van der Waals surface area contributed by atoms with Crippen LogP contribution in [0.4, 0.5) is 0 Å². The SMILES string of the molecule is CC1=N\C(c2ccc3cc(-c4cccc(C)c4-c4cc(-c5ccc6c(c5)c5ccccc5n6-c5ccccc5)ccc4C)ccc3c2)=C(\c2ccccc2)C(C)/C=C/C=C\1. The zero-order chi connectivity index (χ0) is 40.7. The number of hydrogen-bond donors (Lipinski definition) is 0. The average Bonchev–Trinajstić information content (AvgIpc) is 3.64. The van der Waals surface area contributed by atoms with Crippen LogP contribution in [0.3, 0.4) is 0 Å². The van der Waals surface area contributed by atoms with E-state index < -0.39 is 0 Å². The Bertz CT molecular complexity index is 3230. The van der Waals surface area contributed by atoms with Gasteiger partial charge in [0.2, 0.25) is 0 Å². The predicted molar refractivity (Wildman–Crippen MR) is 258 cm³/mol. The first-order valence-electron chi connectivity index (χ1n) is 21.0. The van der Waals surface area contributed by atoms with E-state index in [0.29, 0.717) is 0 Å². The van der Waals surface area contributed by atoms with Gasteiger partial charge < -0.3 is 4.57 Å². The molecule has 0 saturated carbocycles. The highest BCUT2D eigenvalue weighted by atomic mass is 15.0. The maximum Gasteiger partial charge on any atom is 0.0749 e. The van der Waals surface area contributed by atoms with Crippen molar-refractivity contribution < 1.29 is 0 Å². The van der Waals surface area contributed by atoms with Gasteiger partial charge >= 0.3 is 0 Å². The Hall–Kier alpha value is -7.29. The lowest BCUT2D eigenvalue weighted by atomic mass is 9.86. The number of aryl methyl sites for hydroxylation is 2. The average molecular weight is 771 g/mol. The molecule has 1 aliphatic heterocycles. The fourth-order valence-electron chi connectivity index (χ4n) is 9.15. The number of aromatic nitrogens is 1. The Morgan fingerprint density at radius 1 is 0.467 bits per heavy atom. The van der Waals surface area contributed by atoms with Gasteiger partial charge in [0.1, 0.15) is 0 Å². The van der Waals surface area contributed by atoms with Crippen molar-refractivity contribution in [3.05, 3.63) is 222 Å². The molecule has 0 saturated heterocycles. The third-order valence-electron chi connectivity index (χ3n) is 12.2. The van der Waals surface area contributed by atoms with E-state index in [1.165, 1.54) is 93.9 Å². The molecule has 2 nitrogen and oxygen atoms in total. The van der Waals surface area contributed by atoms with E-state index in [-0.39, 0.29) is 5.92 Å². The van der Waals surface area contributed by atoms with Crippen molar-refractivity contribution in [2.75, 3.05) is 0 Å². The molecule has 0 aliphatic carbocycles. The second-order valence-corrected chi connectivity index (χ2v) is 16.1. The van der Waals surface area contributed by atoms with E-state index in [0.717, 1.165) is 17.0 Å². The van der Waals surface area contributed by atoms with Gasteiger partial charge in [0.25, 0.3) is 0 Å². The third-order valence-corrected chi connectivity index (χ3v) is 12.2. The molecule has 8 aromatic carbocycles. The van der Waals surface area contributed by atoms with Crippen LogP contribution in [0.5, 0.6) is 0 Å². The van der Waals surface area contributed by atoms with E-state index in [1.54, 1.807) is 0 Å². The molecule has 1 aliphatic rings. The summed E-state index contributed by atoms with van der Waals surface area (Å²) in [6, 6.07) is 64.5. The highest BCUT2D eigenvalue weighted by molar-refractivity contribution is 6.10. The molecule has 0 N–H and O–H groups in total. The number of nitrogens with zero attached hydrogens (tertiary/aromatic N) is 2. The maximum atomic E-state index is 5.25. The molecule has 1 atom stereocenters. The van der Waals surface area contributed by atoms with Gasteiger partial charge in [-0.2, -0.15) is 0 Å². The number of aliphatic imine (C=N–C) groups is 1. The molecule has 10 rings (SSSR count). The first-order valence-corrected chi connectivity index (χ1v) is 21.0. The van der Waals surface area contributed by atoms with Gasteiger partial charge in [-0.3, -0.25) is 4.99 Å². The van der Waals surface area contributed by atoms with Gasteiger partial charge in [0, 0.05) is 33.7 Å². The quantitative estimate of drug-likeness (QED) is 0.160. The molecule has 1 unspecified atom stereocenters. The van der Waals surface area contributed by atoms with E-state index in [2.05, 4.69) is 232 Å². The normalized spacial score (nSPS) is 17.5. The molecule has 60 heavy (non-hydrogen) atoms. The molecule has 2 heteroatoms. The summed E-state index contributed by atoms with van der Waals surface area (Å²) in [5, 5.41) is 4.91. The smallest absolute Gasteiger partial charge is 0.0749 e. The second kappa shape index (κ2) is 15.5. The van der Waals surface area contributed by atoms with Crippen molar-refractivity contribution in [3.63, 3.8) is 0 Å². The number of allylic oxidation sites excluding steroid dienone is 5. The molecule has 0 amide bonds. The highest BCUT2D eigenvalue weighted by Gasteiger charge is 2.19. The van der Waals surface area contributed by atoms with Crippen LogP contribution in [0.1, 0.15) is 36.1 Å². The van der Waals surface area contributed by atoms with Gasteiger partial charge in [-0.15, -0.1) is 0 Å². The number of rotatable bonds is 6. The van der Waals surface area contributed by atoms with Crippen molar-refractivity contribution in [3.8, 4) is 39.1 Å². The van der Waals surface area contributed by atoms with Crippen LogP contribution in [0.25, 0.3) is 82.9 Å². The van der Waals surface area contributed by atoms with Crippen molar-refractivity contribution in [1.82, 2.24) is 4.57 Å². The van der Waals surface area contributed by atoms with E-state index >= 15 is 0 Å². The molecule has 0 fully saturated rings. The predicted octanol–water partition coefficient (Wildman–Crippen LogP) is 15.6. The summed E-state index contributed by atoms with van der Waals surface area (Å²) in [4.78, 5) is 5.25. The Morgan fingerprint density at radius 3 is 1.95 bits per heavy atom. The molecule has 1 aromatic heterocycles. The summed E-state index contributed by atoms with van der Waals surface area (Å²) < 4.78 is 2.38. The van der Waals surface area contributed by atoms with Gasteiger partial charge in [-0.1, -0.05) is 153 Å². The van der Waals surface area contributed by atoms with Crippen molar-refractivity contribution >= 4 is 49.6 Å². The lowest BCUT2D eigenvalue weighted by Gasteiger charge is -2.19. The van der Waals surface area contributed by atoms with Crippen molar-refractivity contribution in [2.24, 2.45) is 10.9 Å². The molecular weight excluding hydrogens is 725 g/mol. The molecule has 2 heterocycles. The Balaban J connectivity index is 1.06. The molecule has 0 bridgehead atoms. The van der Waals surface area contributed by atoms with Gasteiger partial charge in [0.15, 0.2) is 0 Å². The first-order chi connectivity index (χ1) is 29.4. The second-order valence-electron chi connectivity index (χ2n) is 16.1. The Kier molecular flexibility index (Phi) is 9.54. The van der Waals surface area contributed by atoms with Crippen LogP contribution in [0, 0.1) is 19.8 Å². The van der Waals surface area contributed by atoms with Crippen LogP contribution >= 0.6 is 0 Å². The largest absolute Gasteiger partial charge is 0.309 e. The third kappa shape index (κ3) is 6.70. The standard InChI is InChI=1S/C58H46N2/c1-38-26-27-45(46-32-33-55-53(37-46)51-23-13-14-25-54(51)60(55)49-21-9-6-10-22-49)36-52(38)57-40(3)17-15-24-50(57)47-30-28-44-35-48(31-29-43(44)34-47)58-56(42-19-7-5-8-20-42)39(2)16-11-12-18-41(4)59-58/h5-37,39H,1-4H3/b16-11+,18-12-,58-56+,59-41+. The summed E-state index contributed by atoms with van der Waals surface area (Å²) in [6.45, 7) is 8.82. The highest BCUT2D eigenvalue weighted by Crippen LogP contribution is 2.42. The van der Waals surface area contributed by atoms with Crippen LogP contribution in [-0.2, 0) is 0 Å². The van der Waals surface area contributed by atoms with Gasteiger partial charge in [-0.25, -0.2) is 0 Å². The zero-order valence-corrected chi connectivity index (χ0v) is 34.5. The number of fused-ring (bicyclic) bond motifs is 4. The lowest BCUT2D eigenvalue weighted by Crippen LogP contribution is -2.01. The van der Waals surface area contributed by atoms with Crippen LogP contribution in [-0.4, -0.2) is 10.3 Å². The molecule has 9 aromatic rings. The number of hydrogen-bond acceptors (Lipinski definition) is 1. The minimum atomic E-state index is 0.186. The monoisotopic (exact) mass is 770 g/mol. The fourth-order valence-corrected chi connectivity index (χ4v) is 9.15. The topological polar surface area (TPSA) is 17.3 Å². The summed E-state index contributed by atoms with van der Waals surface area (Å²) >= 11 is 0. The number of para-hydroxylation sites is 2. The van der Waals surface area contributed by atoms with Crippen molar-refractivity contribution in [2.45, 2.75) is 27.7 Å². The van der Waals surface area contributed by atoms with Crippen LogP contribution in [0.15, 0.2) is 205 Å². The Labute approximate surface area is 352 Å². The summed E-state index contributed by atoms with van der Waals surface area (Å²) in [7, 11) is 0. The fraction of sp³-hybridized carbons (Fsp3) is 0.0862. The summed E-state index contributed by atoms with van der Waals surface area (Å²) in [5.74, 6) is 0.186. The maximum absolute atomic E-state index is 5.25. The van der Waals surface area contributed by atoms with E-state index in [9.17, 15) is 0 Å². The minimum Gasteiger partial charge on any atom is -0.309 e. The summed E-state index contributed by atoms with van der Waals surface area (Å²) in [6.07, 6.45) is 8.58. The first kappa shape index (κ1) is 37.0. The van der Waals surface area contributed by atoms with Crippen LogP contribution < -0.4 is 0 Å². The Morgan fingerprint density at radius 2 is 1.13 bits per heavy atom. The molecule has 288 valence electrons. The lowest BCUT2D eigenvalue weighted by molar-refractivity contribution is 0.964. The molecule has 0 radical (unpaired) electrons. The van der Waals surface area contributed by atoms with Crippen LogP contribution in [0.2, 0.25) is 0 Å². The van der Waals surface area contributed by atoms with Gasteiger partial charge in [0.05, 0.1) is 16.7 Å². The van der Waals surface area contributed by atoms with Gasteiger partial charge in [-0.05, 0) is 142 Å². The van der Waals surface area contributed by atoms with E-state index in [4.69, 9.17) is 4.99 Å². The zero-order valence-electron chi connectivity index (χ0n) is 34.5. The minimum absolute atomic E-state index is 0.186. The molecule has 0 spiro atoms. The number of benzene rings is 8. The van der Waals surface area contributed by atoms with E-state index in [1.807, 2.05) is 0 Å². The molecular formula is C58H46N2. The summed E-state index contributed by atoms with van der Waals surface area (Å²) in [5.41, 5.74) is 19.1.